The quantitative estimate of drug-likeness (QED) is 0.215. The summed E-state index contributed by atoms with van der Waals surface area (Å²) in [6.07, 6.45) is 2.64. The second-order valence-corrected chi connectivity index (χ2v) is 11.0. The number of aromatic amines is 1. The Morgan fingerprint density at radius 3 is 2.42 bits per heavy atom. The molecule has 0 aliphatic rings. The van der Waals surface area contributed by atoms with Gasteiger partial charge in [0.15, 0.2) is 0 Å². The van der Waals surface area contributed by atoms with Gasteiger partial charge < -0.3 is 14.8 Å². The molecule has 38 heavy (non-hydrogen) atoms. The van der Waals surface area contributed by atoms with E-state index < -0.39 is 0 Å². The lowest BCUT2D eigenvalue weighted by Crippen LogP contribution is -2.44. The first kappa shape index (κ1) is 28.0. The van der Waals surface area contributed by atoms with Crippen LogP contribution < -0.4 is 0 Å². The van der Waals surface area contributed by atoms with Gasteiger partial charge >= 0.3 is 0 Å². The number of H-pyrrole nitrogens is 1. The van der Waals surface area contributed by atoms with Crippen LogP contribution in [0.2, 0.25) is 15.1 Å². The molecule has 1 N–H and O–H groups in total. The number of benzene rings is 3. The number of fused-ring (bicyclic) bond motifs is 1. The molecule has 0 unspecified atom stereocenters. The Labute approximate surface area is 238 Å². The summed E-state index contributed by atoms with van der Waals surface area (Å²) in [4.78, 5) is 33.8. The van der Waals surface area contributed by atoms with E-state index in [1.165, 1.54) is 0 Å². The third-order valence-corrected chi connectivity index (χ3v) is 7.28. The van der Waals surface area contributed by atoms with E-state index in [2.05, 4.69) is 11.1 Å². The Balaban J connectivity index is 1.57. The Hall–Kier alpha value is -2.99. The number of amides is 2. The summed E-state index contributed by atoms with van der Waals surface area (Å²) in [7, 11) is 0. The van der Waals surface area contributed by atoms with Crippen LogP contribution in [-0.2, 0) is 17.8 Å². The molecule has 0 fully saturated rings. The lowest BCUT2D eigenvalue weighted by atomic mass is 10.1. The molecule has 5 nitrogen and oxygen atoms in total. The molecule has 198 valence electrons. The largest absolute Gasteiger partial charge is 0.361 e. The van der Waals surface area contributed by atoms with E-state index in [1.807, 2.05) is 44.3 Å². The predicted octanol–water partition coefficient (Wildman–Crippen LogP) is 7.50. The van der Waals surface area contributed by atoms with Gasteiger partial charge in [-0.25, -0.2) is 0 Å². The molecule has 4 aromatic rings. The monoisotopic (exact) mass is 569 g/mol. The lowest BCUT2D eigenvalue weighted by molar-refractivity contribution is -0.132. The Bertz CT molecular complexity index is 1430. The normalized spacial score (nSPS) is 11.2. The highest BCUT2D eigenvalue weighted by Gasteiger charge is 2.24. The van der Waals surface area contributed by atoms with Gasteiger partial charge in [-0.15, -0.1) is 0 Å². The summed E-state index contributed by atoms with van der Waals surface area (Å²) in [6.45, 7) is 5.26. The van der Waals surface area contributed by atoms with Crippen molar-refractivity contribution in [3.8, 4) is 0 Å². The average molecular weight is 571 g/mol. The minimum Gasteiger partial charge on any atom is -0.361 e. The van der Waals surface area contributed by atoms with Crippen LogP contribution in [0.25, 0.3) is 10.9 Å². The van der Waals surface area contributed by atoms with E-state index in [-0.39, 0.29) is 24.3 Å². The fraction of sp³-hybridized carbons (Fsp3) is 0.267. The van der Waals surface area contributed by atoms with Crippen LogP contribution in [0, 0.1) is 5.92 Å². The zero-order valence-electron chi connectivity index (χ0n) is 21.4. The summed E-state index contributed by atoms with van der Waals surface area (Å²) in [6, 6.07) is 20.3. The lowest BCUT2D eigenvalue weighted by Gasteiger charge is -2.29. The van der Waals surface area contributed by atoms with Crippen molar-refractivity contribution in [2.75, 3.05) is 19.6 Å². The first-order valence-electron chi connectivity index (χ1n) is 12.5. The van der Waals surface area contributed by atoms with Crippen LogP contribution in [0.4, 0.5) is 0 Å². The van der Waals surface area contributed by atoms with Crippen molar-refractivity contribution in [1.82, 2.24) is 14.8 Å². The molecule has 4 rings (SSSR count). The fourth-order valence-corrected chi connectivity index (χ4v) is 4.98. The first-order chi connectivity index (χ1) is 18.2. The maximum Gasteiger partial charge on any atom is 0.254 e. The molecule has 1 aromatic heterocycles. The van der Waals surface area contributed by atoms with Gasteiger partial charge in [-0.2, -0.15) is 0 Å². The Morgan fingerprint density at radius 2 is 1.68 bits per heavy atom. The highest BCUT2D eigenvalue weighted by Crippen LogP contribution is 2.24. The van der Waals surface area contributed by atoms with Gasteiger partial charge in [0, 0.05) is 47.3 Å². The Kier molecular flexibility index (Phi) is 9.37. The van der Waals surface area contributed by atoms with Gasteiger partial charge in [0.05, 0.1) is 10.0 Å². The molecular formula is C30H30Cl3N3O2. The summed E-state index contributed by atoms with van der Waals surface area (Å²) in [5.41, 5.74) is 3.51. The van der Waals surface area contributed by atoms with Crippen molar-refractivity contribution in [2.45, 2.75) is 26.8 Å². The summed E-state index contributed by atoms with van der Waals surface area (Å²) < 4.78 is 0. The third-order valence-electron chi connectivity index (χ3n) is 6.31. The number of halogens is 3. The molecule has 0 bridgehead atoms. The van der Waals surface area contributed by atoms with Crippen LogP contribution in [-0.4, -0.2) is 46.2 Å². The van der Waals surface area contributed by atoms with Gasteiger partial charge in [0.25, 0.3) is 5.91 Å². The minimum atomic E-state index is -0.222. The Morgan fingerprint density at radius 1 is 0.895 bits per heavy atom. The minimum absolute atomic E-state index is 0.0429. The molecule has 1 heterocycles. The molecule has 2 amide bonds. The standard InChI is InChI=1S/C30H30Cl3N3O2/c1-20(2)17-36(30(38)22-6-5-7-24(31)15-22)19-29(37)35(18-21-10-11-26(32)27(33)14-21)13-12-23-16-34-28-9-4-3-8-25(23)28/h3-11,14-16,20,34H,12-13,17-19H2,1-2H3. The fourth-order valence-electron chi connectivity index (χ4n) is 4.47. The van der Waals surface area contributed by atoms with Gasteiger partial charge in [0.2, 0.25) is 5.91 Å². The zero-order chi connectivity index (χ0) is 27.2. The molecule has 0 aliphatic carbocycles. The van der Waals surface area contributed by atoms with E-state index in [9.17, 15) is 9.59 Å². The van der Waals surface area contributed by atoms with Crippen molar-refractivity contribution >= 4 is 57.5 Å². The molecule has 0 radical (unpaired) electrons. The summed E-state index contributed by atoms with van der Waals surface area (Å²) >= 11 is 18.5. The van der Waals surface area contributed by atoms with Crippen molar-refractivity contribution in [3.05, 3.63) is 105 Å². The SMILES string of the molecule is CC(C)CN(CC(=O)N(CCc1c[nH]c2ccccc12)Cc1ccc(Cl)c(Cl)c1)C(=O)c1cccc(Cl)c1. The van der Waals surface area contributed by atoms with Gasteiger partial charge in [-0.3, -0.25) is 9.59 Å². The zero-order valence-corrected chi connectivity index (χ0v) is 23.7. The third kappa shape index (κ3) is 7.10. The number of nitrogens with zero attached hydrogens (tertiary/aromatic N) is 2. The summed E-state index contributed by atoms with van der Waals surface area (Å²) in [5, 5.41) is 2.51. The van der Waals surface area contributed by atoms with Crippen molar-refractivity contribution in [3.63, 3.8) is 0 Å². The number of nitrogens with one attached hydrogen (secondary N) is 1. The average Bonchev–Trinajstić information content (AvgIpc) is 3.30. The second kappa shape index (κ2) is 12.7. The van der Waals surface area contributed by atoms with Crippen LogP contribution in [0.3, 0.4) is 0 Å². The predicted molar refractivity (Wildman–Crippen MR) is 156 cm³/mol. The topological polar surface area (TPSA) is 56.4 Å². The molecule has 0 saturated carbocycles. The van der Waals surface area contributed by atoms with Crippen LogP contribution in [0.5, 0.6) is 0 Å². The van der Waals surface area contributed by atoms with Crippen LogP contribution in [0.15, 0.2) is 72.9 Å². The van der Waals surface area contributed by atoms with Crippen molar-refractivity contribution in [1.29, 1.82) is 0 Å². The highest BCUT2D eigenvalue weighted by molar-refractivity contribution is 6.42. The van der Waals surface area contributed by atoms with Gasteiger partial charge in [0.1, 0.15) is 6.54 Å². The van der Waals surface area contributed by atoms with Crippen LogP contribution >= 0.6 is 34.8 Å². The number of carbonyl (C=O) groups is 2. The maximum absolute atomic E-state index is 13.8. The van der Waals surface area contributed by atoms with Crippen LogP contribution in [0.1, 0.15) is 35.3 Å². The molecule has 0 saturated heterocycles. The first-order valence-corrected chi connectivity index (χ1v) is 13.7. The molecule has 8 heteroatoms. The maximum atomic E-state index is 13.8. The molecular weight excluding hydrogens is 541 g/mol. The van der Waals surface area contributed by atoms with E-state index in [4.69, 9.17) is 34.8 Å². The van der Waals surface area contributed by atoms with E-state index >= 15 is 0 Å². The molecule has 0 aliphatic heterocycles. The number of hydrogen-bond acceptors (Lipinski definition) is 2. The number of rotatable bonds is 10. The van der Waals surface area contributed by atoms with E-state index in [0.29, 0.717) is 46.7 Å². The second-order valence-electron chi connectivity index (χ2n) is 9.76. The number of carbonyl (C=O) groups excluding carboxylic acids is 2. The van der Waals surface area contributed by atoms with E-state index in [0.717, 1.165) is 22.0 Å². The number of hydrogen-bond donors (Lipinski definition) is 1. The van der Waals surface area contributed by atoms with Gasteiger partial charge in [-0.05, 0) is 59.9 Å². The molecule has 0 spiro atoms. The molecule has 3 aromatic carbocycles. The highest BCUT2D eigenvalue weighted by atomic mass is 35.5. The van der Waals surface area contributed by atoms with E-state index in [1.54, 1.807) is 46.2 Å². The van der Waals surface area contributed by atoms with Crippen molar-refractivity contribution < 1.29 is 9.59 Å². The van der Waals surface area contributed by atoms with Crippen molar-refractivity contribution in [2.24, 2.45) is 5.92 Å². The van der Waals surface area contributed by atoms with Gasteiger partial charge in [-0.1, -0.05) is 79.0 Å². The molecule has 0 atom stereocenters. The smallest absolute Gasteiger partial charge is 0.254 e. The number of aromatic nitrogens is 1. The summed E-state index contributed by atoms with van der Waals surface area (Å²) in [5.74, 6) is -0.187. The number of para-hydroxylation sites is 1.